The van der Waals surface area contributed by atoms with Gasteiger partial charge in [-0.25, -0.2) is 9.18 Å². The minimum absolute atomic E-state index is 0.00231. The average molecular weight is 280 g/mol. The maximum absolute atomic E-state index is 13.0. The van der Waals surface area contributed by atoms with Gasteiger partial charge in [0.15, 0.2) is 0 Å². The van der Waals surface area contributed by atoms with Crippen LogP contribution in [0.1, 0.15) is 15.9 Å². The van der Waals surface area contributed by atoms with Crippen molar-refractivity contribution in [3.05, 3.63) is 64.4 Å². The number of ether oxygens (including phenoxy) is 1. The predicted molar refractivity (Wildman–Crippen MR) is 71.4 cm³/mol. The summed E-state index contributed by atoms with van der Waals surface area (Å²) in [5.74, 6) is -1.000. The zero-order valence-corrected chi connectivity index (χ0v) is 10.7. The Balaban J connectivity index is 2.02. The summed E-state index contributed by atoms with van der Waals surface area (Å²) in [6, 6.07) is 10.6. The number of benzene rings is 2. The normalized spacial score (nSPS) is 10.2. The van der Waals surface area contributed by atoms with Crippen molar-refractivity contribution in [3.63, 3.8) is 0 Å². The lowest BCUT2D eigenvalue weighted by Gasteiger charge is -2.06. The van der Waals surface area contributed by atoms with Gasteiger partial charge >= 0.3 is 5.97 Å². The predicted octanol–water partition coefficient (Wildman–Crippen LogP) is 3.42. The maximum Gasteiger partial charge on any atom is 0.338 e. The monoisotopic (exact) mass is 279 g/mol. The van der Waals surface area contributed by atoms with Crippen LogP contribution in [0.15, 0.2) is 42.5 Å². The molecule has 0 atom stereocenters. The number of halogens is 2. The molecule has 0 unspecified atom stereocenters. The van der Waals surface area contributed by atoms with Crippen molar-refractivity contribution in [3.8, 4) is 0 Å². The molecule has 0 saturated heterocycles. The summed E-state index contributed by atoms with van der Waals surface area (Å²) in [7, 11) is 0. The Morgan fingerprint density at radius 3 is 2.74 bits per heavy atom. The van der Waals surface area contributed by atoms with Crippen LogP contribution in [0.5, 0.6) is 0 Å². The van der Waals surface area contributed by atoms with Gasteiger partial charge in [-0.3, -0.25) is 0 Å². The average Bonchev–Trinajstić information content (AvgIpc) is 2.40. The second kappa shape index (κ2) is 5.71. The highest BCUT2D eigenvalue weighted by Crippen LogP contribution is 2.17. The van der Waals surface area contributed by atoms with Crippen molar-refractivity contribution in [1.82, 2.24) is 0 Å². The molecule has 0 bridgehead atoms. The molecule has 0 saturated carbocycles. The second-order valence-corrected chi connectivity index (χ2v) is 4.36. The smallest absolute Gasteiger partial charge is 0.338 e. The van der Waals surface area contributed by atoms with Crippen LogP contribution in [0, 0.1) is 5.82 Å². The van der Waals surface area contributed by atoms with Crippen molar-refractivity contribution in [1.29, 1.82) is 0 Å². The third-order valence-electron chi connectivity index (χ3n) is 2.48. The van der Waals surface area contributed by atoms with E-state index in [1.165, 1.54) is 24.3 Å². The first-order valence-electron chi connectivity index (χ1n) is 5.53. The summed E-state index contributed by atoms with van der Waals surface area (Å²) in [4.78, 5) is 11.7. The quantitative estimate of drug-likeness (QED) is 0.692. The second-order valence-electron chi connectivity index (χ2n) is 3.95. The van der Waals surface area contributed by atoms with Crippen LogP contribution in [-0.2, 0) is 11.3 Å². The van der Waals surface area contributed by atoms with E-state index in [0.717, 1.165) is 0 Å². The topological polar surface area (TPSA) is 52.3 Å². The molecule has 0 heterocycles. The van der Waals surface area contributed by atoms with Gasteiger partial charge in [-0.05, 0) is 35.9 Å². The fourth-order valence-electron chi connectivity index (χ4n) is 1.53. The van der Waals surface area contributed by atoms with Gasteiger partial charge < -0.3 is 10.5 Å². The highest BCUT2D eigenvalue weighted by molar-refractivity contribution is 6.30. The van der Waals surface area contributed by atoms with Crippen molar-refractivity contribution in [2.45, 2.75) is 6.61 Å². The molecule has 0 aliphatic heterocycles. The summed E-state index contributed by atoms with van der Waals surface area (Å²) >= 11 is 5.63. The van der Waals surface area contributed by atoms with Gasteiger partial charge in [0.1, 0.15) is 12.4 Å². The molecule has 0 spiro atoms. The number of carbonyl (C=O) groups is 1. The number of nitrogens with two attached hydrogens (primary N) is 1. The van der Waals surface area contributed by atoms with Gasteiger partial charge in [0, 0.05) is 5.69 Å². The first-order valence-corrected chi connectivity index (χ1v) is 5.90. The summed E-state index contributed by atoms with van der Waals surface area (Å²) in [5, 5.41) is -0.00231. The fraction of sp³-hybridized carbons (Fsp3) is 0.0714. The molecule has 0 fully saturated rings. The van der Waals surface area contributed by atoms with Crippen LogP contribution in [0.3, 0.4) is 0 Å². The Morgan fingerprint density at radius 1 is 1.26 bits per heavy atom. The molecule has 2 aromatic carbocycles. The lowest BCUT2D eigenvalue weighted by atomic mass is 10.2. The molecule has 5 heteroatoms. The first-order chi connectivity index (χ1) is 9.06. The van der Waals surface area contributed by atoms with E-state index in [1.807, 2.05) is 0 Å². The van der Waals surface area contributed by atoms with Crippen LogP contribution in [0.25, 0.3) is 0 Å². The molecule has 2 rings (SSSR count). The first kappa shape index (κ1) is 13.4. The molecular formula is C14H11ClFNO2. The summed E-state index contributed by atoms with van der Waals surface area (Å²) < 4.78 is 18.0. The van der Waals surface area contributed by atoms with E-state index in [2.05, 4.69) is 0 Å². The lowest BCUT2D eigenvalue weighted by Crippen LogP contribution is -2.05. The summed E-state index contributed by atoms with van der Waals surface area (Å²) in [5.41, 5.74) is 7.04. The van der Waals surface area contributed by atoms with E-state index in [-0.39, 0.29) is 11.6 Å². The van der Waals surface area contributed by atoms with Crippen LogP contribution in [-0.4, -0.2) is 5.97 Å². The van der Waals surface area contributed by atoms with E-state index in [1.54, 1.807) is 18.2 Å². The van der Waals surface area contributed by atoms with Gasteiger partial charge in [-0.2, -0.15) is 0 Å². The summed E-state index contributed by atoms with van der Waals surface area (Å²) in [6.07, 6.45) is 0. The number of carbonyl (C=O) groups excluding carboxylic acids is 1. The fourth-order valence-corrected chi connectivity index (χ4v) is 1.73. The third kappa shape index (κ3) is 3.45. The Labute approximate surface area is 114 Å². The van der Waals surface area contributed by atoms with Crippen LogP contribution < -0.4 is 5.73 Å². The van der Waals surface area contributed by atoms with Gasteiger partial charge in [-0.15, -0.1) is 0 Å². The number of esters is 1. The van der Waals surface area contributed by atoms with Gasteiger partial charge in [-0.1, -0.05) is 23.7 Å². The molecule has 98 valence electrons. The maximum atomic E-state index is 13.0. The third-order valence-corrected chi connectivity index (χ3v) is 2.77. The minimum Gasteiger partial charge on any atom is -0.457 e. The van der Waals surface area contributed by atoms with Crippen molar-refractivity contribution >= 4 is 23.3 Å². The number of nitrogen functional groups attached to an aromatic ring is 1. The largest absolute Gasteiger partial charge is 0.457 e. The molecule has 0 radical (unpaired) electrons. The van der Waals surface area contributed by atoms with Crippen LogP contribution >= 0.6 is 11.6 Å². The number of hydrogen-bond acceptors (Lipinski definition) is 3. The minimum atomic E-state index is -0.507. The molecule has 2 aromatic rings. The molecule has 0 amide bonds. The summed E-state index contributed by atoms with van der Waals surface area (Å²) in [6.45, 7) is 0.0215. The van der Waals surface area contributed by atoms with E-state index < -0.39 is 11.8 Å². The molecule has 0 aliphatic rings. The highest BCUT2D eigenvalue weighted by Gasteiger charge is 2.08. The van der Waals surface area contributed by atoms with E-state index >= 15 is 0 Å². The number of hydrogen-bond donors (Lipinski definition) is 1. The van der Waals surface area contributed by atoms with Gasteiger partial charge in [0.05, 0.1) is 10.6 Å². The van der Waals surface area contributed by atoms with E-state index in [0.29, 0.717) is 16.8 Å². The molecule has 0 aliphatic carbocycles. The van der Waals surface area contributed by atoms with Gasteiger partial charge in [0.25, 0.3) is 0 Å². The van der Waals surface area contributed by atoms with Crippen molar-refractivity contribution < 1.29 is 13.9 Å². The Kier molecular flexibility index (Phi) is 4.02. The lowest BCUT2D eigenvalue weighted by molar-refractivity contribution is 0.0473. The Hall–Kier alpha value is -2.07. The zero-order chi connectivity index (χ0) is 13.8. The van der Waals surface area contributed by atoms with Gasteiger partial charge in [0.2, 0.25) is 0 Å². The van der Waals surface area contributed by atoms with E-state index in [9.17, 15) is 9.18 Å². The van der Waals surface area contributed by atoms with Crippen molar-refractivity contribution in [2.24, 2.45) is 0 Å². The van der Waals surface area contributed by atoms with Crippen LogP contribution in [0.4, 0.5) is 10.1 Å². The SMILES string of the molecule is Nc1cccc(C(=O)OCc2ccc(F)c(Cl)c2)c1. The highest BCUT2D eigenvalue weighted by atomic mass is 35.5. The van der Waals surface area contributed by atoms with Crippen LogP contribution in [0.2, 0.25) is 5.02 Å². The van der Waals surface area contributed by atoms with Crippen molar-refractivity contribution in [2.75, 3.05) is 5.73 Å². The molecule has 0 aromatic heterocycles. The molecule has 19 heavy (non-hydrogen) atoms. The number of rotatable bonds is 3. The van der Waals surface area contributed by atoms with E-state index in [4.69, 9.17) is 22.1 Å². The molecule has 2 N–H and O–H groups in total. The Bertz CT molecular complexity index is 616. The molecule has 3 nitrogen and oxygen atoms in total. The standard InChI is InChI=1S/C14H11ClFNO2/c15-12-6-9(4-5-13(12)16)8-19-14(18)10-2-1-3-11(17)7-10/h1-7H,8,17H2. The molecular weight excluding hydrogens is 269 g/mol. The zero-order valence-electron chi connectivity index (χ0n) is 9.90. The Morgan fingerprint density at radius 2 is 2.05 bits per heavy atom. The number of anilines is 1.